The minimum Gasteiger partial charge on any atom is -0.460 e. The molecule has 1 amide bonds. The van der Waals surface area contributed by atoms with Gasteiger partial charge in [0, 0.05) is 31.2 Å². The van der Waals surface area contributed by atoms with Gasteiger partial charge in [-0.2, -0.15) is 0 Å². The fraction of sp³-hybridized carbons (Fsp3) is 0.652. The Balaban J connectivity index is 1.43. The number of hydrogen-bond donors (Lipinski definition) is 2. The third-order valence-electron chi connectivity index (χ3n) is 5.87. The number of piperidine rings is 2. The van der Waals surface area contributed by atoms with Gasteiger partial charge in [-0.3, -0.25) is 10.2 Å². The van der Waals surface area contributed by atoms with Crippen molar-refractivity contribution in [2.24, 2.45) is 11.8 Å². The number of amidine groups is 1. The fourth-order valence-electron chi connectivity index (χ4n) is 4.31. The Bertz CT molecular complexity index is 788. The zero-order valence-electron chi connectivity index (χ0n) is 18.7. The maximum absolute atomic E-state index is 12.6. The quantitative estimate of drug-likeness (QED) is 0.475. The molecule has 0 bridgehead atoms. The third-order valence-corrected chi connectivity index (χ3v) is 6.61. The number of nitrogens with one attached hydrogen (secondary N) is 2. The summed E-state index contributed by atoms with van der Waals surface area (Å²) < 4.78 is 5.75. The van der Waals surface area contributed by atoms with Crippen LogP contribution < -0.4 is 5.32 Å². The van der Waals surface area contributed by atoms with Gasteiger partial charge in [0.15, 0.2) is 0 Å². The highest BCUT2D eigenvalue weighted by atomic mass is 35.5. The van der Waals surface area contributed by atoms with Crippen molar-refractivity contribution in [3.8, 4) is 0 Å². The first-order valence-corrected chi connectivity index (χ1v) is 11.9. The van der Waals surface area contributed by atoms with Crippen molar-refractivity contribution in [1.82, 2.24) is 9.80 Å². The lowest BCUT2D eigenvalue weighted by atomic mass is 9.93. The largest absolute Gasteiger partial charge is 0.460 e. The smallest absolute Gasteiger partial charge is 0.284 e. The zero-order valence-corrected chi connectivity index (χ0v) is 20.2. The van der Waals surface area contributed by atoms with E-state index in [1.165, 1.54) is 6.42 Å². The van der Waals surface area contributed by atoms with Gasteiger partial charge in [0.2, 0.25) is 5.91 Å². The summed E-state index contributed by atoms with van der Waals surface area (Å²) in [5.41, 5.74) is 0.341. The van der Waals surface area contributed by atoms with Crippen LogP contribution in [0, 0.1) is 17.2 Å². The van der Waals surface area contributed by atoms with E-state index in [9.17, 15) is 4.79 Å². The first-order chi connectivity index (χ1) is 14.6. The Morgan fingerprint density at radius 2 is 1.87 bits per heavy atom. The number of benzene rings is 1. The topological polar surface area (TPSA) is 68.7 Å². The molecule has 2 saturated heterocycles. The van der Waals surface area contributed by atoms with E-state index in [-0.39, 0.29) is 23.4 Å². The number of likely N-dealkylation sites (tertiary alicyclic amines) is 2. The summed E-state index contributed by atoms with van der Waals surface area (Å²) in [4.78, 5) is 17.2. The van der Waals surface area contributed by atoms with E-state index < -0.39 is 0 Å². The van der Waals surface area contributed by atoms with Crippen LogP contribution in [-0.2, 0) is 9.53 Å². The van der Waals surface area contributed by atoms with Crippen molar-refractivity contribution < 1.29 is 9.53 Å². The van der Waals surface area contributed by atoms with Crippen LogP contribution in [-0.4, -0.2) is 60.1 Å². The lowest BCUT2D eigenvalue weighted by Gasteiger charge is -2.39. The summed E-state index contributed by atoms with van der Waals surface area (Å²) in [5, 5.41) is 12.2. The molecular formula is C23H34Cl2N4O2. The highest BCUT2D eigenvalue weighted by Gasteiger charge is 2.29. The van der Waals surface area contributed by atoms with Crippen LogP contribution in [0.25, 0.3) is 0 Å². The molecule has 0 unspecified atom stereocenters. The van der Waals surface area contributed by atoms with Gasteiger partial charge in [0.05, 0.1) is 10.0 Å². The summed E-state index contributed by atoms with van der Waals surface area (Å²) >= 11 is 12.0. The van der Waals surface area contributed by atoms with E-state index in [0.29, 0.717) is 21.7 Å². The molecule has 31 heavy (non-hydrogen) atoms. The van der Waals surface area contributed by atoms with E-state index in [0.717, 1.165) is 52.0 Å². The lowest BCUT2D eigenvalue weighted by Crippen LogP contribution is -2.47. The minimum atomic E-state index is -0.343. The van der Waals surface area contributed by atoms with Gasteiger partial charge >= 0.3 is 0 Å². The van der Waals surface area contributed by atoms with Crippen LogP contribution in [0.3, 0.4) is 0 Å². The summed E-state index contributed by atoms with van der Waals surface area (Å²) in [5.74, 6) is 0.593. The predicted octanol–water partition coefficient (Wildman–Crippen LogP) is 5.11. The number of anilines is 1. The molecule has 8 heteroatoms. The number of hydrogen-bond acceptors (Lipinski definition) is 4. The molecule has 2 N–H and O–H groups in total. The van der Waals surface area contributed by atoms with E-state index in [2.05, 4.69) is 15.1 Å². The molecule has 2 aliphatic rings. The van der Waals surface area contributed by atoms with Crippen molar-refractivity contribution in [2.45, 2.75) is 52.1 Å². The Labute approximate surface area is 195 Å². The number of amides is 1. The molecule has 1 aromatic carbocycles. The summed E-state index contributed by atoms with van der Waals surface area (Å²) in [6, 6.07) is 5.45. The van der Waals surface area contributed by atoms with Crippen LogP contribution in [0.2, 0.25) is 10.0 Å². The first-order valence-electron chi connectivity index (χ1n) is 11.1. The SMILES string of the molecule is CC(C)(C)OC(=N)N1CCC[C@@H](CN2CCC(C(=O)Nc3ccc(Cl)c(Cl)c3)CC2)C1. The molecule has 0 spiro atoms. The molecule has 1 atom stereocenters. The normalized spacial score (nSPS) is 21.1. The molecule has 2 aliphatic heterocycles. The van der Waals surface area contributed by atoms with E-state index in [1.807, 2.05) is 20.8 Å². The van der Waals surface area contributed by atoms with Gasteiger partial charge in [0.25, 0.3) is 6.02 Å². The third kappa shape index (κ3) is 7.26. The molecule has 2 heterocycles. The molecule has 0 saturated carbocycles. The van der Waals surface area contributed by atoms with Gasteiger partial charge in [-0.05, 0) is 83.7 Å². The Morgan fingerprint density at radius 3 is 2.52 bits per heavy atom. The standard InChI is InChI=1S/C23H34Cl2N4O2/c1-23(2,3)31-22(26)29-10-4-5-16(15-29)14-28-11-8-17(9-12-28)21(30)27-18-6-7-19(24)20(25)13-18/h6-7,13,16-17,26H,4-5,8-12,14-15H2,1-3H3,(H,27,30)/t16-/m0/s1. The van der Waals surface area contributed by atoms with Crippen molar-refractivity contribution in [3.05, 3.63) is 28.2 Å². The molecule has 0 radical (unpaired) electrons. The van der Waals surface area contributed by atoms with E-state index in [1.54, 1.807) is 18.2 Å². The van der Waals surface area contributed by atoms with Gasteiger partial charge in [0.1, 0.15) is 5.60 Å². The van der Waals surface area contributed by atoms with E-state index >= 15 is 0 Å². The van der Waals surface area contributed by atoms with Crippen molar-refractivity contribution in [2.75, 3.05) is 38.0 Å². The number of rotatable bonds is 4. The van der Waals surface area contributed by atoms with Crippen molar-refractivity contribution in [1.29, 1.82) is 5.41 Å². The van der Waals surface area contributed by atoms with Crippen LogP contribution in [0.15, 0.2) is 18.2 Å². The van der Waals surface area contributed by atoms with Crippen LogP contribution in [0.5, 0.6) is 0 Å². The second-order valence-corrected chi connectivity index (χ2v) is 10.5. The molecular weight excluding hydrogens is 435 g/mol. The van der Waals surface area contributed by atoms with E-state index in [4.69, 9.17) is 33.3 Å². The van der Waals surface area contributed by atoms with Gasteiger partial charge < -0.3 is 19.9 Å². The number of halogens is 2. The number of ether oxygens (including phenoxy) is 1. The van der Waals surface area contributed by atoms with Gasteiger partial charge in [-0.15, -0.1) is 0 Å². The molecule has 3 rings (SSSR count). The maximum atomic E-state index is 12.6. The number of nitrogens with zero attached hydrogens (tertiary/aromatic N) is 2. The minimum absolute atomic E-state index is 0.0157. The van der Waals surface area contributed by atoms with Crippen LogP contribution in [0.4, 0.5) is 5.69 Å². The molecule has 6 nitrogen and oxygen atoms in total. The average molecular weight is 469 g/mol. The molecule has 0 aliphatic carbocycles. The van der Waals surface area contributed by atoms with Crippen molar-refractivity contribution in [3.63, 3.8) is 0 Å². The molecule has 2 fully saturated rings. The Morgan fingerprint density at radius 1 is 1.16 bits per heavy atom. The monoisotopic (exact) mass is 468 g/mol. The van der Waals surface area contributed by atoms with Gasteiger partial charge in [-0.1, -0.05) is 23.2 Å². The first kappa shape index (κ1) is 24.1. The summed E-state index contributed by atoms with van der Waals surface area (Å²) in [6.07, 6.45) is 3.97. The van der Waals surface area contributed by atoms with Crippen LogP contribution >= 0.6 is 23.2 Å². The Kier molecular flexibility index (Phi) is 8.11. The highest BCUT2D eigenvalue weighted by molar-refractivity contribution is 6.42. The number of carbonyl (C=O) groups is 1. The van der Waals surface area contributed by atoms with Gasteiger partial charge in [-0.25, -0.2) is 0 Å². The zero-order chi connectivity index (χ0) is 22.6. The summed E-state index contributed by atoms with van der Waals surface area (Å²) in [7, 11) is 0. The second-order valence-electron chi connectivity index (χ2n) is 9.67. The fourth-order valence-corrected chi connectivity index (χ4v) is 4.61. The highest BCUT2D eigenvalue weighted by Crippen LogP contribution is 2.27. The maximum Gasteiger partial charge on any atom is 0.284 e. The molecule has 1 aromatic rings. The average Bonchev–Trinajstić information content (AvgIpc) is 2.70. The lowest BCUT2D eigenvalue weighted by molar-refractivity contribution is -0.121. The number of carbonyl (C=O) groups excluding carboxylic acids is 1. The predicted molar refractivity (Wildman–Crippen MR) is 127 cm³/mol. The molecule has 0 aromatic heterocycles. The van der Waals surface area contributed by atoms with Crippen LogP contribution in [0.1, 0.15) is 46.5 Å². The van der Waals surface area contributed by atoms with Crippen molar-refractivity contribution >= 4 is 40.8 Å². The Hall–Kier alpha value is -1.50. The second kappa shape index (κ2) is 10.4. The summed E-state index contributed by atoms with van der Waals surface area (Å²) in [6.45, 7) is 10.5. The molecule has 172 valence electrons.